The first-order valence-electron chi connectivity index (χ1n) is 5.57. The van der Waals surface area contributed by atoms with Gasteiger partial charge in [0.05, 0.1) is 5.69 Å². The van der Waals surface area contributed by atoms with Crippen LogP contribution >= 0.6 is 0 Å². The van der Waals surface area contributed by atoms with Gasteiger partial charge >= 0.3 is 0 Å². The summed E-state index contributed by atoms with van der Waals surface area (Å²) in [6.45, 7) is 0.535. The summed E-state index contributed by atoms with van der Waals surface area (Å²) in [5, 5.41) is 0. The first-order chi connectivity index (χ1) is 8.72. The van der Waals surface area contributed by atoms with Crippen LogP contribution in [0.4, 0.5) is 5.69 Å². The fourth-order valence-electron chi connectivity index (χ4n) is 1.59. The predicted octanol–water partition coefficient (Wildman–Crippen LogP) is 0.816. The molecule has 18 heavy (non-hydrogen) atoms. The second kappa shape index (κ2) is 5.30. The van der Waals surface area contributed by atoms with Crippen LogP contribution in [-0.4, -0.2) is 18.4 Å². The number of carbonyl (C=O) groups excluding carboxylic acids is 2. The molecule has 0 spiro atoms. The SMILES string of the molecule is NCCC#Cc1ccc(N2C(=O)C=CC2=O)cc1. The molecule has 0 radical (unpaired) electrons. The van der Waals surface area contributed by atoms with E-state index in [0.29, 0.717) is 18.7 Å². The van der Waals surface area contributed by atoms with Gasteiger partial charge in [0.2, 0.25) is 0 Å². The minimum atomic E-state index is -0.318. The first-order valence-corrected chi connectivity index (χ1v) is 5.57. The van der Waals surface area contributed by atoms with Crippen molar-refractivity contribution in [1.82, 2.24) is 0 Å². The Morgan fingerprint density at radius 2 is 1.67 bits per heavy atom. The van der Waals surface area contributed by atoms with Crippen LogP contribution in [0.15, 0.2) is 36.4 Å². The van der Waals surface area contributed by atoms with E-state index >= 15 is 0 Å². The maximum absolute atomic E-state index is 11.5. The van der Waals surface area contributed by atoms with E-state index in [9.17, 15) is 9.59 Å². The molecule has 2 rings (SSSR count). The Kier molecular flexibility index (Phi) is 3.56. The number of hydrogen-bond donors (Lipinski definition) is 1. The zero-order valence-corrected chi connectivity index (χ0v) is 9.72. The number of rotatable bonds is 2. The lowest BCUT2D eigenvalue weighted by atomic mass is 10.2. The summed E-state index contributed by atoms with van der Waals surface area (Å²) in [6.07, 6.45) is 3.17. The largest absolute Gasteiger partial charge is 0.330 e. The molecule has 0 fully saturated rings. The average Bonchev–Trinajstić information content (AvgIpc) is 2.71. The van der Waals surface area contributed by atoms with Gasteiger partial charge in [0.1, 0.15) is 0 Å². The Hall–Kier alpha value is -2.38. The molecule has 0 aliphatic carbocycles. The summed E-state index contributed by atoms with van der Waals surface area (Å²) in [6, 6.07) is 6.96. The highest BCUT2D eigenvalue weighted by Crippen LogP contribution is 2.19. The normalized spacial score (nSPS) is 13.7. The van der Waals surface area contributed by atoms with Crippen molar-refractivity contribution < 1.29 is 9.59 Å². The van der Waals surface area contributed by atoms with Gasteiger partial charge in [-0.1, -0.05) is 11.8 Å². The highest BCUT2D eigenvalue weighted by atomic mass is 16.2. The highest BCUT2D eigenvalue weighted by Gasteiger charge is 2.24. The maximum atomic E-state index is 11.5. The Labute approximate surface area is 105 Å². The van der Waals surface area contributed by atoms with Gasteiger partial charge in [-0.2, -0.15) is 0 Å². The molecule has 0 atom stereocenters. The van der Waals surface area contributed by atoms with E-state index in [1.807, 2.05) is 0 Å². The molecule has 0 saturated heterocycles. The monoisotopic (exact) mass is 240 g/mol. The van der Waals surface area contributed by atoms with Gasteiger partial charge in [0, 0.05) is 30.7 Å². The van der Waals surface area contributed by atoms with Crippen molar-refractivity contribution in [1.29, 1.82) is 0 Å². The second-order valence-electron chi connectivity index (χ2n) is 3.73. The molecule has 1 aromatic rings. The average molecular weight is 240 g/mol. The molecule has 0 bridgehead atoms. The molecule has 0 saturated carbocycles. The van der Waals surface area contributed by atoms with Crippen molar-refractivity contribution in [3.05, 3.63) is 42.0 Å². The van der Waals surface area contributed by atoms with Crippen LogP contribution in [0.3, 0.4) is 0 Å². The molecule has 90 valence electrons. The number of nitrogens with two attached hydrogens (primary N) is 1. The minimum absolute atomic E-state index is 0.318. The van der Waals surface area contributed by atoms with E-state index in [0.717, 1.165) is 10.5 Å². The molecular formula is C14H12N2O2. The van der Waals surface area contributed by atoms with Crippen LogP contribution < -0.4 is 10.6 Å². The second-order valence-corrected chi connectivity index (χ2v) is 3.73. The Bertz CT molecular complexity index is 544. The topological polar surface area (TPSA) is 63.4 Å². The molecule has 1 aliphatic rings. The number of nitrogens with zero attached hydrogens (tertiary/aromatic N) is 1. The van der Waals surface area contributed by atoms with E-state index in [4.69, 9.17) is 5.73 Å². The van der Waals surface area contributed by atoms with Crippen molar-refractivity contribution in [3.63, 3.8) is 0 Å². The fourth-order valence-corrected chi connectivity index (χ4v) is 1.59. The van der Waals surface area contributed by atoms with E-state index in [2.05, 4.69) is 11.8 Å². The molecular weight excluding hydrogens is 228 g/mol. The van der Waals surface area contributed by atoms with Gasteiger partial charge in [-0.05, 0) is 24.3 Å². The summed E-state index contributed by atoms with van der Waals surface area (Å²) in [4.78, 5) is 24.0. The standard InChI is InChI=1S/C14H12N2O2/c15-10-2-1-3-11-4-6-12(7-5-11)16-13(17)8-9-14(16)18/h4-9H,2,10,15H2. The van der Waals surface area contributed by atoms with Crippen LogP contribution in [0.5, 0.6) is 0 Å². The van der Waals surface area contributed by atoms with Gasteiger partial charge in [-0.25, -0.2) is 4.90 Å². The zero-order chi connectivity index (χ0) is 13.0. The van der Waals surface area contributed by atoms with Crippen LogP contribution in [0.25, 0.3) is 0 Å². The summed E-state index contributed by atoms with van der Waals surface area (Å²) in [5.74, 6) is 5.24. The number of imide groups is 1. The predicted molar refractivity (Wildman–Crippen MR) is 68.6 cm³/mol. The molecule has 2 amide bonds. The van der Waals surface area contributed by atoms with Gasteiger partial charge < -0.3 is 5.73 Å². The van der Waals surface area contributed by atoms with Crippen LogP contribution in [-0.2, 0) is 9.59 Å². The third kappa shape index (κ3) is 2.47. The molecule has 2 N–H and O–H groups in total. The Balaban J connectivity index is 2.16. The zero-order valence-electron chi connectivity index (χ0n) is 9.72. The Morgan fingerprint density at radius 1 is 1.06 bits per heavy atom. The highest BCUT2D eigenvalue weighted by molar-refractivity contribution is 6.28. The van der Waals surface area contributed by atoms with Crippen molar-refractivity contribution in [2.24, 2.45) is 5.73 Å². The van der Waals surface area contributed by atoms with E-state index in [1.54, 1.807) is 24.3 Å². The molecule has 4 nitrogen and oxygen atoms in total. The summed E-state index contributed by atoms with van der Waals surface area (Å²) < 4.78 is 0. The molecule has 1 aromatic carbocycles. The molecule has 1 aliphatic heterocycles. The summed E-state index contributed by atoms with van der Waals surface area (Å²) in [5.41, 5.74) is 6.73. The van der Waals surface area contributed by atoms with E-state index in [-0.39, 0.29) is 11.8 Å². The van der Waals surface area contributed by atoms with Crippen LogP contribution in [0.2, 0.25) is 0 Å². The number of anilines is 1. The summed E-state index contributed by atoms with van der Waals surface area (Å²) in [7, 11) is 0. The Morgan fingerprint density at radius 3 is 2.22 bits per heavy atom. The van der Waals surface area contributed by atoms with E-state index < -0.39 is 0 Å². The third-order valence-electron chi connectivity index (χ3n) is 2.44. The molecule has 1 heterocycles. The van der Waals surface area contributed by atoms with Crippen molar-refractivity contribution in [2.75, 3.05) is 11.4 Å². The summed E-state index contributed by atoms with van der Waals surface area (Å²) >= 11 is 0. The third-order valence-corrected chi connectivity index (χ3v) is 2.44. The van der Waals surface area contributed by atoms with Crippen LogP contribution in [0.1, 0.15) is 12.0 Å². The number of hydrogen-bond acceptors (Lipinski definition) is 3. The number of amides is 2. The lowest BCUT2D eigenvalue weighted by Crippen LogP contribution is -2.29. The van der Waals surface area contributed by atoms with Gasteiger partial charge in [-0.3, -0.25) is 9.59 Å². The van der Waals surface area contributed by atoms with Crippen molar-refractivity contribution in [3.8, 4) is 11.8 Å². The molecule has 0 aromatic heterocycles. The fraction of sp³-hybridized carbons (Fsp3) is 0.143. The van der Waals surface area contributed by atoms with E-state index in [1.165, 1.54) is 12.2 Å². The minimum Gasteiger partial charge on any atom is -0.330 e. The number of benzene rings is 1. The van der Waals surface area contributed by atoms with Gasteiger partial charge in [-0.15, -0.1) is 0 Å². The van der Waals surface area contributed by atoms with Crippen molar-refractivity contribution in [2.45, 2.75) is 6.42 Å². The molecule has 4 heteroatoms. The van der Waals surface area contributed by atoms with Gasteiger partial charge in [0.15, 0.2) is 0 Å². The lowest BCUT2D eigenvalue weighted by molar-refractivity contribution is -0.119. The van der Waals surface area contributed by atoms with Crippen molar-refractivity contribution >= 4 is 17.5 Å². The van der Waals surface area contributed by atoms with Gasteiger partial charge in [0.25, 0.3) is 11.8 Å². The molecule has 0 unspecified atom stereocenters. The maximum Gasteiger partial charge on any atom is 0.258 e. The van der Waals surface area contributed by atoms with Crippen LogP contribution in [0, 0.1) is 11.8 Å². The number of carbonyl (C=O) groups is 2. The first kappa shape index (κ1) is 12.1. The quantitative estimate of drug-likeness (QED) is 0.614. The smallest absolute Gasteiger partial charge is 0.258 e. The lowest BCUT2D eigenvalue weighted by Gasteiger charge is -2.13.